The fraction of sp³-hybridized carbons (Fsp3) is 0.385. The summed E-state index contributed by atoms with van der Waals surface area (Å²) < 4.78 is 1.90. The van der Waals surface area contributed by atoms with Crippen molar-refractivity contribution in [2.75, 3.05) is 26.7 Å². The average molecular weight is 430 g/mol. The zero-order valence-corrected chi connectivity index (χ0v) is 19.1. The molecule has 1 aromatic carbocycles. The van der Waals surface area contributed by atoms with E-state index in [0.29, 0.717) is 18.4 Å². The lowest BCUT2D eigenvalue weighted by Gasteiger charge is -2.31. The number of hydrogen-bond donors (Lipinski definition) is 2. The topological polar surface area (TPSA) is 65.4 Å². The number of amides is 1. The van der Waals surface area contributed by atoms with Gasteiger partial charge in [0, 0.05) is 35.9 Å². The molecule has 32 heavy (non-hydrogen) atoms. The van der Waals surface area contributed by atoms with Crippen molar-refractivity contribution in [3.63, 3.8) is 0 Å². The number of nitrogens with one attached hydrogen (secondary N) is 2. The molecule has 1 saturated heterocycles. The number of fused-ring (bicyclic) bond motifs is 2. The lowest BCUT2D eigenvalue weighted by atomic mass is 9.87. The van der Waals surface area contributed by atoms with Crippen LogP contribution in [0.1, 0.15) is 49.7 Å². The van der Waals surface area contributed by atoms with E-state index >= 15 is 0 Å². The van der Waals surface area contributed by atoms with E-state index in [0.717, 1.165) is 31.4 Å². The van der Waals surface area contributed by atoms with Gasteiger partial charge >= 0.3 is 0 Å². The van der Waals surface area contributed by atoms with Crippen molar-refractivity contribution in [2.45, 2.75) is 38.5 Å². The highest BCUT2D eigenvalue weighted by Crippen LogP contribution is 2.38. The van der Waals surface area contributed by atoms with E-state index in [1.165, 1.54) is 33.3 Å². The second-order valence-electron chi connectivity index (χ2n) is 9.21. The van der Waals surface area contributed by atoms with E-state index < -0.39 is 0 Å². The van der Waals surface area contributed by atoms with Gasteiger partial charge in [-0.1, -0.05) is 19.9 Å². The van der Waals surface area contributed by atoms with Gasteiger partial charge in [-0.3, -0.25) is 9.69 Å². The molecule has 0 bridgehead atoms. The summed E-state index contributed by atoms with van der Waals surface area (Å²) in [5.74, 6) is 1.05. The first-order valence-electron chi connectivity index (χ1n) is 11.6. The lowest BCUT2D eigenvalue weighted by Crippen LogP contribution is -2.40. The average Bonchev–Trinajstić information content (AvgIpc) is 3.42. The molecule has 6 heteroatoms. The summed E-state index contributed by atoms with van der Waals surface area (Å²) in [5, 5.41) is 8.38. The predicted octanol–water partition coefficient (Wildman–Crippen LogP) is 4.53. The van der Waals surface area contributed by atoms with E-state index in [9.17, 15) is 4.79 Å². The summed E-state index contributed by atoms with van der Waals surface area (Å²) in [6.07, 6.45) is 6.04. The number of pyridine rings is 1. The Morgan fingerprint density at radius 2 is 2.00 bits per heavy atom. The van der Waals surface area contributed by atoms with Gasteiger partial charge in [0.2, 0.25) is 5.91 Å². The smallest absolute Gasteiger partial charge is 0.233 e. The first kappa shape index (κ1) is 20.8. The van der Waals surface area contributed by atoms with Gasteiger partial charge in [-0.15, -0.1) is 0 Å². The first-order chi connectivity index (χ1) is 15.5. The van der Waals surface area contributed by atoms with Crippen molar-refractivity contribution in [2.24, 2.45) is 0 Å². The van der Waals surface area contributed by atoms with Gasteiger partial charge in [0.1, 0.15) is 0 Å². The number of aromatic nitrogens is 3. The van der Waals surface area contributed by atoms with E-state index in [1.807, 2.05) is 23.0 Å². The number of nitrogens with zero attached hydrogens (tertiary/aromatic N) is 3. The van der Waals surface area contributed by atoms with Crippen LogP contribution in [0.5, 0.6) is 0 Å². The molecule has 1 aliphatic rings. The van der Waals surface area contributed by atoms with Crippen molar-refractivity contribution in [1.29, 1.82) is 0 Å². The summed E-state index contributed by atoms with van der Waals surface area (Å²) in [7, 11) is 1.70. The summed E-state index contributed by atoms with van der Waals surface area (Å²) in [4.78, 5) is 17.7. The highest BCUT2D eigenvalue weighted by atomic mass is 16.1. The minimum atomic E-state index is 0.0976. The van der Waals surface area contributed by atoms with Crippen LogP contribution in [-0.4, -0.2) is 52.1 Å². The van der Waals surface area contributed by atoms with Crippen LogP contribution in [0.15, 0.2) is 48.8 Å². The summed E-state index contributed by atoms with van der Waals surface area (Å²) in [5.41, 5.74) is 7.48. The fourth-order valence-corrected chi connectivity index (χ4v) is 5.10. The van der Waals surface area contributed by atoms with E-state index in [4.69, 9.17) is 0 Å². The number of benzene rings is 1. The summed E-state index contributed by atoms with van der Waals surface area (Å²) in [6.45, 7) is 6.98. The minimum absolute atomic E-state index is 0.0976. The Bertz CT molecular complexity index is 1260. The SMILES string of the molecule is CNC(=O)CN1CCC(c2ccc3[nH]c(-c4ccn5nccc5c4)c(C(C)C)c3c2)CC1. The zero-order chi connectivity index (χ0) is 22.2. The molecule has 3 aromatic heterocycles. The van der Waals surface area contributed by atoms with E-state index in [2.05, 4.69) is 64.5 Å². The quantitative estimate of drug-likeness (QED) is 0.490. The molecule has 1 aliphatic heterocycles. The Kier molecular flexibility index (Phi) is 5.47. The molecule has 4 aromatic rings. The fourth-order valence-electron chi connectivity index (χ4n) is 5.10. The Morgan fingerprint density at radius 1 is 1.19 bits per heavy atom. The monoisotopic (exact) mass is 429 g/mol. The minimum Gasteiger partial charge on any atom is -0.358 e. The third-order valence-electron chi connectivity index (χ3n) is 6.83. The molecule has 0 spiro atoms. The molecular weight excluding hydrogens is 398 g/mol. The van der Waals surface area contributed by atoms with Gasteiger partial charge in [0.05, 0.1) is 17.8 Å². The number of piperidine rings is 1. The third kappa shape index (κ3) is 3.79. The summed E-state index contributed by atoms with van der Waals surface area (Å²) in [6, 6.07) is 13.3. The molecule has 0 unspecified atom stereocenters. The van der Waals surface area contributed by atoms with Crippen LogP contribution in [0.3, 0.4) is 0 Å². The molecule has 4 heterocycles. The van der Waals surface area contributed by atoms with Gasteiger partial charge in [0.15, 0.2) is 0 Å². The van der Waals surface area contributed by atoms with Gasteiger partial charge < -0.3 is 10.3 Å². The van der Waals surface area contributed by atoms with Crippen LogP contribution in [0.4, 0.5) is 0 Å². The molecule has 166 valence electrons. The van der Waals surface area contributed by atoms with Crippen molar-refractivity contribution in [3.05, 3.63) is 59.9 Å². The van der Waals surface area contributed by atoms with Gasteiger partial charge in [0.25, 0.3) is 0 Å². The molecule has 0 atom stereocenters. The molecule has 5 rings (SSSR count). The summed E-state index contributed by atoms with van der Waals surface area (Å²) >= 11 is 0. The maximum Gasteiger partial charge on any atom is 0.233 e. The van der Waals surface area contributed by atoms with Gasteiger partial charge in [-0.2, -0.15) is 5.10 Å². The highest BCUT2D eigenvalue weighted by Gasteiger charge is 2.23. The lowest BCUT2D eigenvalue weighted by molar-refractivity contribution is -0.122. The van der Waals surface area contributed by atoms with Gasteiger partial charge in [-0.05, 0) is 79.2 Å². The molecule has 2 N–H and O–H groups in total. The second kappa shape index (κ2) is 8.43. The number of hydrogen-bond acceptors (Lipinski definition) is 3. The number of carbonyl (C=O) groups excluding carboxylic acids is 1. The first-order valence-corrected chi connectivity index (χ1v) is 11.6. The number of aromatic amines is 1. The normalized spacial score (nSPS) is 15.8. The largest absolute Gasteiger partial charge is 0.358 e. The van der Waals surface area contributed by atoms with Crippen LogP contribution in [-0.2, 0) is 4.79 Å². The molecule has 0 radical (unpaired) electrons. The maximum absolute atomic E-state index is 11.7. The number of likely N-dealkylation sites (tertiary alicyclic amines) is 1. The molecule has 6 nitrogen and oxygen atoms in total. The van der Waals surface area contributed by atoms with Crippen molar-refractivity contribution < 1.29 is 4.79 Å². The zero-order valence-electron chi connectivity index (χ0n) is 19.1. The maximum atomic E-state index is 11.7. The Hall–Kier alpha value is -3.12. The molecule has 1 amide bonds. The van der Waals surface area contributed by atoms with Crippen molar-refractivity contribution in [1.82, 2.24) is 24.8 Å². The van der Waals surface area contributed by atoms with Crippen LogP contribution in [0.25, 0.3) is 27.7 Å². The van der Waals surface area contributed by atoms with Crippen molar-refractivity contribution >= 4 is 22.3 Å². The van der Waals surface area contributed by atoms with E-state index in [1.54, 1.807) is 7.05 Å². The molecule has 1 fully saturated rings. The van der Waals surface area contributed by atoms with Crippen molar-refractivity contribution in [3.8, 4) is 11.3 Å². The number of rotatable bonds is 5. The second-order valence-corrected chi connectivity index (χ2v) is 9.21. The Labute approximate surface area is 188 Å². The highest BCUT2D eigenvalue weighted by molar-refractivity contribution is 5.92. The van der Waals surface area contributed by atoms with Crippen LogP contribution < -0.4 is 5.32 Å². The van der Waals surface area contributed by atoms with E-state index in [-0.39, 0.29) is 5.91 Å². The standard InChI is InChI=1S/C26H31N5O/c1-17(2)25-22-15-19(18-7-11-30(12-8-18)16-24(32)27-3)4-5-23(22)29-26(25)20-9-13-31-21(14-20)6-10-28-31/h4-6,9-10,13-15,17-18,29H,7-8,11-12,16H2,1-3H3,(H,27,32). The number of likely N-dealkylation sites (N-methyl/N-ethyl adjacent to an activating group) is 1. The molecule has 0 saturated carbocycles. The molecule has 0 aliphatic carbocycles. The number of H-pyrrole nitrogens is 1. The Morgan fingerprint density at radius 3 is 2.75 bits per heavy atom. The number of carbonyl (C=O) groups is 1. The van der Waals surface area contributed by atoms with Crippen LogP contribution >= 0.6 is 0 Å². The predicted molar refractivity (Wildman–Crippen MR) is 129 cm³/mol. The Balaban J connectivity index is 1.46. The van der Waals surface area contributed by atoms with Gasteiger partial charge in [-0.25, -0.2) is 4.52 Å². The molecular formula is C26H31N5O. The third-order valence-corrected chi connectivity index (χ3v) is 6.83. The van der Waals surface area contributed by atoms with Crippen LogP contribution in [0.2, 0.25) is 0 Å². The van der Waals surface area contributed by atoms with Crippen LogP contribution in [0, 0.1) is 0 Å².